The van der Waals surface area contributed by atoms with Crippen LogP contribution in [0.15, 0.2) is 53.9 Å². The molecule has 0 aromatic heterocycles. The minimum atomic E-state index is -1.52. The van der Waals surface area contributed by atoms with Crippen LogP contribution >= 0.6 is 0 Å². The molecule has 2 aromatic carbocycles. The van der Waals surface area contributed by atoms with E-state index in [4.69, 9.17) is 0 Å². The first-order valence-corrected chi connectivity index (χ1v) is 12.9. The highest BCUT2D eigenvalue weighted by atomic mass is 28.3. The Morgan fingerprint density at radius 1 is 0.800 bits per heavy atom. The minimum Gasteiger partial charge on any atom is -0.362 e. The summed E-state index contributed by atoms with van der Waals surface area (Å²) in [5.41, 5.74) is 5.39. The maximum atomic E-state index is 3.89. The molecule has 0 aliphatic rings. The maximum Gasteiger partial charge on any atom is 0.0982 e. The molecule has 1 nitrogen and oxygen atoms in total. The Bertz CT molecular complexity index is 695. The molecule has 2 aromatic rings. The van der Waals surface area contributed by atoms with Gasteiger partial charge in [0.25, 0.3) is 0 Å². The fraction of sp³-hybridized carbons (Fsp3) is 0.391. The third kappa shape index (κ3) is 5.09. The van der Waals surface area contributed by atoms with E-state index in [1.165, 1.54) is 27.7 Å². The van der Waals surface area contributed by atoms with Crippen LogP contribution in [0, 0.1) is 0 Å². The van der Waals surface area contributed by atoms with Crippen molar-refractivity contribution >= 4 is 19.8 Å². The average Bonchev–Trinajstić information content (AvgIpc) is 2.54. The number of rotatable bonds is 6. The summed E-state index contributed by atoms with van der Waals surface area (Å²) >= 11 is 0. The molecule has 25 heavy (non-hydrogen) atoms. The third-order valence-corrected chi connectivity index (χ3v) is 6.44. The fourth-order valence-electron chi connectivity index (χ4n) is 2.99. The van der Waals surface area contributed by atoms with Crippen LogP contribution in [0.5, 0.6) is 0 Å². The van der Waals surface area contributed by atoms with Gasteiger partial charge in [-0.3, -0.25) is 0 Å². The molecule has 134 valence electrons. The lowest BCUT2D eigenvalue weighted by Gasteiger charge is -2.28. The molecule has 2 heteroatoms. The second-order valence-electron chi connectivity index (χ2n) is 8.46. The normalized spacial score (nSPS) is 12.8. The predicted molar refractivity (Wildman–Crippen MR) is 116 cm³/mol. The van der Waals surface area contributed by atoms with Crippen molar-refractivity contribution in [2.75, 3.05) is 5.32 Å². The van der Waals surface area contributed by atoms with Crippen LogP contribution < -0.4 is 5.32 Å². The van der Waals surface area contributed by atoms with Crippen molar-refractivity contribution in [3.05, 3.63) is 70.5 Å². The molecule has 0 aliphatic carbocycles. The first-order chi connectivity index (χ1) is 11.7. The van der Waals surface area contributed by atoms with Crippen LogP contribution in [-0.4, -0.2) is 8.07 Å². The van der Waals surface area contributed by atoms with E-state index in [1.54, 1.807) is 0 Å². The fourth-order valence-corrected chi connectivity index (χ4v) is 4.09. The molecule has 2 rings (SSSR count). The lowest BCUT2D eigenvalue weighted by molar-refractivity contribution is 0.838. The zero-order chi connectivity index (χ0) is 18.6. The number of hydrogen-bond acceptors (Lipinski definition) is 1. The van der Waals surface area contributed by atoms with E-state index in [-0.39, 0.29) is 0 Å². The van der Waals surface area contributed by atoms with Crippen LogP contribution in [0.25, 0.3) is 6.08 Å². The van der Waals surface area contributed by atoms with Gasteiger partial charge in [-0.05, 0) is 39.9 Å². The van der Waals surface area contributed by atoms with Gasteiger partial charge in [0, 0.05) is 5.69 Å². The standard InChI is InChI=1S/C23H33NSi/c1-17(2)20-14-11-15-21(18(3)4)23(20)24-22(25(5,6)7)16-19-12-9-8-10-13-19/h8-18,24H,1-7H3/b22-16-. The Balaban J connectivity index is 2.55. The Labute approximate surface area is 155 Å². The molecule has 0 bridgehead atoms. The number of benzene rings is 2. The number of para-hydroxylation sites is 1. The van der Waals surface area contributed by atoms with Gasteiger partial charge >= 0.3 is 0 Å². The van der Waals surface area contributed by atoms with E-state index < -0.39 is 8.07 Å². The molecule has 0 heterocycles. The molecule has 0 saturated carbocycles. The topological polar surface area (TPSA) is 12.0 Å². The Morgan fingerprint density at radius 3 is 1.76 bits per heavy atom. The van der Waals surface area contributed by atoms with Crippen molar-refractivity contribution in [1.82, 2.24) is 0 Å². The van der Waals surface area contributed by atoms with Crippen molar-refractivity contribution < 1.29 is 0 Å². The van der Waals surface area contributed by atoms with Crippen molar-refractivity contribution in [3.8, 4) is 0 Å². The molecule has 0 radical (unpaired) electrons. The highest BCUT2D eigenvalue weighted by molar-refractivity contribution is 6.84. The van der Waals surface area contributed by atoms with Gasteiger partial charge in [0.15, 0.2) is 0 Å². The summed E-state index contributed by atoms with van der Waals surface area (Å²) in [6.45, 7) is 16.3. The molecular formula is C23H33NSi. The Hall–Kier alpha value is -1.80. The van der Waals surface area contributed by atoms with E-state index in [0.717, 1.165) is 0 Å². The second kappa shape index (κ2) is 8.05. The molecule has 0 spiro atoms. The second-order valence-corrected chi connectivity index (χ2v) is 13.5. The van der Waals surface area contributed by atoms with Gasteiger partial charge in [0.2, 0.25) is 0 Å². The number of nitrogens with one attached hydrogen (secondary N) is 1. The molecular weight excluding hydrogens is 318 g/mol. The first kappa shape index (κ1) is 19.5. The summed E-state index contributed by atoms with van der Waals surface area (Å²) in [7, 11) is -1.52. The van der Waals surface area contributed by atoms with E-state index in [1.807, 2.05) is 0 Å². The van der Waals surface area contributed by atoms with Crippen molar-refractivity contribution in [1.29, 1.82) is 0 Å². The molecule has 0 aliphatic heterocycles. The largest absolute Gasteiger partial charge is 0.362 e. The minimum absolute atomic E-state index is 0.501. The lowest BCUT2D eigenvalue weighted by Crippen LogP contribution is -2.29. The molecule has 0 saturated heterocycles. The SMILES string of the molecule is CC(C)c1cccc(C(C)C)c1N/C(=C/c1ccccc1)[Si](C)(C)C. The van der Waals surface area contributed by atoms with E-state index in [2.05, 4.69) is 107 Å². The van der Waals surface area contributed by atoms with Gasteiger partial charge in [-0.15, -0.1) is 0 Å². The zero-order valence-corrected chi connectivity index (χ0v) is 17.9. The van der Waals surface area contributed by atoms with E-state index in [0.29, 0.717) is 11.8 Å². The van der Waals surface area contributed by atoms with Gasteiger partial charge < -0.3 is 5.32 Å². The summed E-state index contributed by atoms with van der Waals surface area (Å²) in [6.07, 6.45) is 2.34. The first-order valence-electron chi connectivity index (χ1n) is 9.37. The zero-order valence-electron chi connectivity index (χ0n) is 16.9. The van der Waals surface area contributed by atoms with Gasteiger partial charge in [0.05, 0.1) is 8.07 Å². The summed E-state index contributed by atoms with van der Waals surface area (Å²) in [5, 5.41) is 5.27. The predicted octanol–water partition coefficient (Wildman–Crippen LogP) is 7.26. The molecule has 1 N–H and O–H groups in total. The quantitative estimate of drug-likeness (QED) is 0.540. The number of anilines is 1. The van der Waals surface area contributed by atoms with Gasteiger partial charge in [-0.2, -0.15) is 0 Å². The Kier molecular flexibility index (Phi) is 6.29. The van der Waals surface area contributed by atoms with Crippen LogP contribution in [0.2, 0.25) is 19.6 Å². The summed E-state index contributed by atoms with van der Waals surface area (Å²) in [4.78, 5) is 0. The highest BCUT2D eigenvalue weighted by Gasteiger charge is 2.23. The summed E-state index contributed by atoms with van der Waals surface area (Å²) in [5.74, 6) is 1.00. The monoisotopic (exact) mass is 351 g/mol. The van der Waals surface area contributed by atoms with Crippen LogP contribution in [0.3, 0.4) is 0 Å². The van der Waals surface area contributed by atoms with Gasteiger partial charge in [-0.1, -0.05) is 95.9 Å². The van der Waals surface area contributed by atoms with Crippen molar-refractivity contribution in [3.63, 3.8) is 0 Å². The lowest BCUT2D eigenvalue weighted by atomic mass is 9.93. The smallest absolute Gasteiger partial charge is 0.0982 e. The van der Waals surface area contributed by atoms with Crippen LogP contribution in [-0.2, 0) is 0 Å². The third-order valence-electron chi connectivity index (χ3n) is 4.55. The maximum absolute atomic E-state index is 3.89. The molecule has 0 unspecified atom stereocenters. The average molecular weight is 352 g/mol. The molecule has 0 amide bonds. The summed E-state index contributed by atoms with van der Waals surface area (Å²) in [6, 6.07) is 17.4. The number of hydrogen-bond donors (Lipinski definition) is 1. The van der Waals surface area contributed by atoms with E-state index in [9.17, 15) is 0 Å². The highest BCUT2D eigenvalue weighted by Crippen LogP contribution is 2.34. The van der Waals surface area contributed by atoms with Crippen molar-refractivity contribution in [2.24, 2.45) is 0 Å². The molecule has 0 fully saturated rings. The molecule has 0 atom stereocenters. The Morgan fingerprint density at radius 2 is 1.32 bits per heavy atom. The van der Waals surface area contributed by atoms with Crippen molar-refractivity contribution in [2.45, 2.75) is 59.2 Å². The van der Waals surface area contributed by atoms with Gasteiger partial charge in [0.1, 0.15) is 0 Å². The van der Waals surface area contributed by atoms with Gasteiger partial charge in [-0.25, -0.2) is 0 Å². The van der Waals surface area contributed by atoms with E-state index >= 15 is 0 Å². The summed E-state index contributed by atoms with van der Waals surface area (Å²) < 4.78 is 0. The van der Waals surface area contributed by atoms with Crippen LogP contribution in [0.1, 0.15) is 56.2 Å². The van der Waals surface area contributed by atoms with Crippen LogP contribution in [0.4, 0.5) is 5.69 Å².